The lowest BCUT2D eigenvalue weighted by atomic mass is 10.2. The number of aryl methyl sites for hydroxylation is 1. The second kappa shape index (κ2) is 4.47. The molecule has 8 nitrogen and oxygen atoms in total. The first-order valence-electron chi connectivity index (χ1n) is 6.03. The lowest BCUT2D eigenvalue weighted by molar-refractivity contribution is 0.0821. The molecule has 0 aromatic carbocycles. The van der Waals surface area contributed by atoms with E-state index in [-0.39, 0.29) is 11.9 Å². The Kier molecular flexibility index (Phi) is 2.79. The van der Waals surface area contributed by atoms with Gasteiger partial charge in [0.15, 0.2) is 0 Å². The van der Waals surface area contributed by atoms with Crippen molar-refractivity contribution in [3.8, 4) is 0 Å². The SMILES string of the molecule is Cc1cc(N2CCOC(C(=N)N)C2)n2ncnc2n1. The molecule has 2 aromatic rings. The van der Waals surface area contributed by atoms with Crippen LogP contribution in [-0.4, -0.2) is 51.2 Å². The second-order valence-electron chi connectivity index (χ2n) is 4.49. The predicted molar refractivity (Wildman–Crippen MR) is 69.4 cm³/mol. The van der Waals surface area contributed by atoms with Gasteiger partial charge in [0.25, 0.3) is 5.78 Å². The van der Waals surface area contributed by atoms with E-state index in [4.69, 9.17) is 15.9 Å². The Balaban J connectivity index is 1.99. The maximum Gasteiger partial charge on any atom is 0.254 e. The average molecular weight is 261 g/mol. The zero-order chi connectivity index (χ0) is 13.4. The van der Waals surface area contributed by atoms with Crippen LogP contribution in [-0.2, 0) is 4.74 Å². The topological polar surface area (TPSA) is 105 Å². The molecule has 0 radical (unpaired) electrons. The number of nitrogens with zero attached hydrogens (tertiary/aromatic N) is 5. The molecule has 3 heterocycles. The first-order valence-corrected chi connectivity index (χ1v) is 6.03. The van der Waals surface area contributed by atoms with Crippen molar-refractivity contribution < 1.29 is 4.74 Å². The number of anilines is 1. The van der Waals surface area contributed by atoms with Gasteiger partial charge in [0.1, 0.15) is 24.1 Å². The van der Waals surface area contributed by atoms with E-state index in [0.29, 0.717) is 18.9 Å². The number of morpholine rings is 1. The Morgan fingerprint density at radius 3 is 3.21 bits per heavy atom. The van der Waals surface area contributed by atoms with Crippen molar-refractivity contribution in [2.24, 2.45) is 5.73 Å². The maximum atomic E-state index is 7.50. The third kappa shape index (κ3) is 2.10. The Bertz CT molecular complexity index is 623. The summed E-state index contributed by atoms with van der Waals surface area (Å²) in [4.78, 5) is 10.5. The fourth-order valence-corrected chi connectivity index (χ4v) is 2.18. The van der Waals surface area contributed by atoms with Crippen LogP contribution in [0.1, 0.15) is 5.69 Å². The molecule has 3 rings (SSSR count). The van der Waals surface area contributed by atoms with E-state index in [2.05, 4.69) is 20.0 Å². The molecule has 1 aliphatic rings. The molecule has 0 amide bonds. The Hall–Kier alpha value is -2.22. The van der Waals surface area contributed by atoms with Crippen LogP contribution >= 0.6 is 0 Å². The normalized spacial score (nSPS) is 19.8. The smallest absolute Gasteiger partial charge is 0.254 e. The predicted octanol–water partition coefficient (Wildman–Crippen LogP) is -0.426. The first kappa shape index (κ1) is 11.8. The van der Waals surface area contributed by atoms with Crippen LogP contribution in [0.5, 0.6) is 0 Å². The number of amidine groups is 1. The van der Waals surface area contributed by atoms with Crippen LogP contribution in [0.4, 0.5) is 5.82 Å². The highest BCUT2D eigenvalue weighted by atomic mass is 16.5. The summed E-state index contributed by atoms with van der Waals surface area (Å²) in [5, 5.41) is 11.7. The number of nitrogens with one attached hydrogen (secondary N) is 1. The molecule has 8 heteroatoms. The van der Waals surface area contributed by atoms with E-state index < -0.39 is 0 Å². The van der Waals surface area contributed by atoms with Crippen molar-refractivity contribution in [1.82, 2.24) is 19.6 Å². The van der Waals surface area contributed by atoms with E-state index in [1.807, 2.05) is 13.0 Å². The maximum absolute atomic E-state index is 7.50. The van der Waals surface area contributed by atoms with Gasteiger partial charge in [-0.2, -0.15) is 14.6 Å². The monoisotopic (exact) mass is 261 g/mol. The molecule has 0 aliphatic carbocycles. The van der Waals surface area contributed by atoms with Gasteiger partial charge in [-0.1, -0.05) is 0 Å². The molecule has 0 bridgehead atoms. The van der Waals surface area contributed by atoms with Gasteiger partial charge in [0.05, 0.1) is 13.2 Å². The van der Waals surface area contributed by atoms with E-state index >= 15 is 0 Å². The van der Waals surface area contributed by atoms with E-state index in [0.717, 1.165) is 18.1 Å². The number of nitrogens with two attached hydrogens (primary N) is 1. The summed E-state index contributed by atoms with van der Waals surface area (Å²) < 4.78 is 7.15. The van der Waals surface area contributed by atoms with E-state index in [1.165, 1.54) is 6.33 Å². The van der Waals surface area contributed by atoms with Crippen molar-refractivity contribution >= 4 is 17.4 Å². The average Bonchev–Trinajstić information content (AvgIpc) is 2.85. The molecule has 1 fully saturated rings. The number of ether oxygens (including phenoxy) is 1. The third-order valence-electron chi connectivity index (χ3n) is 3.10. The van der Waals surface area contributed by atoms with E-state index in [9.17, 15) is 0 Å². The number of fused-ring (bicyclic) bond motifs is 1. The van der Waals surface area contributed by atoms with Crippen molar-refractivity contribution in [1.29, 1.82) is 5.41 Å². The lowest BCUT2D eigenvalue weighted by Crippen LogP contribution is -2.48. The van der Waals surface area contributed by atoms with Crippen molar-refractivity contribution in [2.45, 2.75) is 13.0 Å². The molecule has 1 unspecified atom stereocenters. The summed E-state index contributed by atoms with van der Waals surface area (Å²) in [6.45, 7) is 3.71. The number of hydrogen-bond donors (Lipinski definition) is 2. The van der Waals surface area contributed by atoms with Crippen LogP contribution < -0.4 is 10.6 Å². The lowest BCUT2D eigenvalue weighted by Gasteiger charge is -2.33. The van der Waals surface area contributed by atoms with Gasteiger partial charge < -0.3 is 15.4 Å². The Labute approximate surface area is 109 Å². The number of hydrogen-bond acceptors (Lipinski definition) is 6. The van der Waals surface area contributed by atoms with E-state index in [1.54, 1.807) is 4.52 Å². The first-order chi connectivity index (χ1) is 9.15. The molecule has 100 valence electrons. The van der Waals surface area contributed by atoms with Crippen LogP contribution in [0, 0.1) is 12.3 Å². The third-order valence-corrected chi connectivity index (χ3v) is 3.10. The minimum Gasteiger partial charge on any atom is -0.385 e. The molecule has 3 N–H and O–H groups in total. The molecule has 1 atom stereocenters. The zero-order valence-electron chi connectivity index (χ0n) is 10.6. The van der Waals surface area contributed by atoms with Crippen molar-refractivity contribution in [3.05, 3.63) is 18.1 Å². The van der Waals surface area contributed by atoms with Gasteiger partial charge in [0, 0.05) is 18.3 Å². The van der Waals surface area contributed by atoms with Crippen LogP contribution in [0.2, 0.25) is 0 Å². The van der Waals surface area contributed by atoms with Crippen LogP contribution in [0.25, 0.3) is 5.78 Å². The Morgan fingerprint density at radius 2 is 2.42 bits per heavy atom. The van der Waals surface area contributed by atoms with Gasteiger partial charge in [-0.25, -0.2) is 4.98 Å². The zero-order valence-corrected chi connectivity index (χ0v) is 10.6. The molecule has 19 heavy (non-hydrogen) atoms. The minimum atomic E-state index is -0.374. The number of rotatable bonds is 2. The summed E-state index contributed by atoms with van der Waals surface area (Å²) >= 11 is 0. The summed E-state index contributed by atoms with van der Waals surface area (Å²) in [5.74, 6) is 1.51. The largest absolute Gasteiger partial charge is 0.385 e. The summed E-state index contributed by atoms with van der Waals surface area (Å²) in [6.07, 6.45) is 1.11. The van der Waals surface area contributed by atoms with Gasteiger partial charge in [-0.15, -0.1) is 0 Å². The van der Waals surface area contributed by atoms with Crippen LogP contribution in [0.15, 0.2) is 12.4 Å². The molecule has 0 saturated carbocycles. The summed E-state index contributed by atoms with van der Waals surface area (Å²) in [7, 11) is 0. The molecule has 2 aromatic heterocycles. The standard InChI is InChI=1S/C11H15N7O/c1-7-4-9(18-11(16-7)14-6-15-18)17-2-3-19-8(5-17)10(12)13/h4,6,8H,2-3,5H2,1H3,(H3,12,13). The second-order valence-corrected chi connectivity index (χ2v) is 4.49. The minimum absolute atomic E-state index is 0.0466. The van der Waals surface area contributed by atoms with Crippen LogP contribution in [0.3, 0.4) is 0 Å². The molecule has 1 saturated heterocycles. The van der Waals surface area contributed by atoms with Gasteiger partial charge in [0.2, 0.25) is 0 Å². The van der Waals surface area contributed by atoms with Gasteiger partial charge >= 0.3 is 0 Å². The summed E-state index contributed by atoms with van der Waals surface area (Å²) in [5.41, 5.74) is 6.39. The number of aromatic nitrogens is 4. The highest BCUT2D eigenvalue weighted by Crippen LogP contribution is 2.18. The fourth-order valence-electron chi connectivity index (χ4n) is 2.18. The van der Waals surface area contributed by atoms with Gasteiger partial charge in [-0.05, 0) is 6.92 Å². The summed E-state index contributed by atoms with van der Waals surface area (Å²) in [6, 6.07) is 1.95. The fraction of sp³-hybridized carbons (Fsp3) is 0.455. The highest BCUT2D eigenvalue weighted by Gasteiger charge is 2.24. The molecular formula is C11H15N7O. The van der Waals surface area contributed by atoms with Crippen molar-refractivity contribution in [2.75, 3.05) is 24.6 Å². The molecular weight excluding hydrogens is 246 g/mol. The van der Waals surface area contributed by atoms with Gasteiger partial charge in [-0.3, -0.25) is 5.41 Å². The Morgan fingerprint density at radius 1 is 1.58 bits per heavy atom. The highest BCUT2D eigenvalue weighted by molar-refractivity contribution is 5.82. The van der Waals surface area contributed by atoms with Crippen molar-refractivity contribution in [3.63, 3.8) is 0 Å². The quantitative estimate of drug-likeness (QED) is 0.561. The molecule has 1 aliphatic heterocycles. The molecule has 0 spiro atoms.